The Morgan fingerprint density at radius 3 is 2.50 bits per heavy atom. The van der Waals surface area contributed by atoms with Crippen molar-refractivity contribution in [2.45, 2.75) is 26.3 Å². The maximum absolute atomic E-state index is 12.8. The predicted molar refractivity (Wildman–Crippen MR) is 115 cm³/mol. The Labute approximate surface area is 172 Å². The summed E-state index contributed by atoms with van der Waals surface area (Å²) >= 11 is 7.71. The number of hydrogen-bond donors (Lipinski definition) is 2. The molecule has 7 heteroatoms. The summed E-state index contributed by atoms with van der Waals surface area (Å²) in [4.78, 5) is 25.5. The summed E-state index contributed by atoms with van der Waals surface area (Å²) in [6, 6.07) is 12.3. The monoisotopic (exact) mass is 416 g/mol. The van der Waals surface area contributed by atoms with Crippen molar-refractivity contribution in [3.63, 3.8) is 0 Å². The Hall–Kier alpha value is -2.57. The van der Waals surface area contributed by atoms with E-state index in [1.165, 1.54) is 11.3 Å². The molecule has 1 aromatic heterocycles. The third-order valence-electron chi connectivity index (χ3n) is 3.91. The first-order valence-corrected chi connectivity index (χ1v) is 9.87. The summed E-state index contributed by atoms with van der Waals surface area (Å²) in [5.41, 5.74) is 0.652. The molecule has 28 heavy (non-hydrogen) atoms. The van der Waals surface area contributed by atoms with Crippen molar-refractivity contribution in [1.29, 1.82) is 0 Å². The van der Waals surface area contributed by atoms with Gasteiger partial charge in [-0.25, -0.2) is 0 Å². The maximum Gasteiger partial charge on any atom is 0.267 e. The zero-order valence-corrected chi connectivity index (χ0v) is 17.6. The van der Waals surface area contributed by atoms with E-state index < -0.39 is 0 Å². The Bertz CT molecular complexity index is 1050. The number of carbonyl (C=O) groups excluding carboxylic acids is 2. The maximum atomic E-state index is 12.8. The fraction of sp³-hybridized carbons (Fsp3) is 0.238. The molecule has 0 saturated carbocycles. The number of fused-ring (bicyclic) bond motifs is 1. The van der Waals surface area contributed by atoms with Crippen LogP contribution < -0.4 is 15.4 Å². The van der Waals surface area contributed by atoms with Gasteiger partial charge >= 0.3 is 0 Å². The van der Waals surface area contributed by atoms with Crippen molar-refractivity contribution in [3.05, 3.63) is 57.9 Å². The van der Waals surface area contributed by atoms with Crippen LogP contribution in [0.25, 0.3) is 10.1 Å². The molecule has 0 saturated heterocycles. The van der Waals surface area contributed by atoms with Gasteiger partial charge in [0, 0.05) is 26.9 Å². The molecule has 2 amide bonds. The lowest BCUT2D eigenvalue weighted by Gasteiger charge is -2.20. The number of rotatable bonds is 4. The molecule has 0 spiro atoms. The number of methoxy groups -OCH3 is 1. The summed E-state index contributed by atoms with van der Waals surface area (Å²) in [6.45, 7) is 5.74. The highest BCUT2D eigenvalue weighted by molar-refractivity contribution is 7.21. The van der Waals surface area contributed by atoms with Crippen molar-refractivity contribution < 1.29 is 14.3 Å². The summed E-state index contributed by atoms with van der Waals surface area (Å²) in [5.74, 6) is 0.184. The predicted octanol–water partition coefficient (Wildman–Crippen LogP) is 5.34. The highest BCUT2D eigenvalue weighted by atomic mass is 35.5. The average molecular weight is 417 g/mol. The van der Waals surface area contributed by atoms with Gasteiger partial charge in [0.25, 0.3) is 11.8 Å². The number of anilines is 1. The van der Waals surface area contributed by atoms with E-state index in [-0.39, 0.29) is 17.4 Å². The number of nitrogens with one attached hydrogen (secondary N) is 2. The minimum absolute atomic E-state index is 0.199. The molecule has 2 N–H and O–H groups in total. The van der Waals surface area contributed by atoms with E-state index in [1.54, 1.807) is 37.4 Å². The van der Waals surface area contributed by atoms with Gasteiger partial charge < -0.3 is 15.4 Å². The van der Waals surface area contributed by atoms with Gasteiger partial charge in [-0.05, 0) is 57.2 Å². The molecule has 0 aliphatic carbocycles. The van der Waals surface area contributed by atoms with Crippen LogP contribution in [0.3, 0.4) is 0 Å². The van der Waals surface area contributed by atoms with Gasteiger partial charge in [0.1, 0.15) is 10.6 Å². The third-order valence-corrected chi connectivity index (χ3v) is 5.57. The lowest BCUT2D eigenvalue weighted by molar-refractivity contribution is 0.0918. The molecule has 2 aromatic carbocycles. The van der Waals surface area contributed by atoms with Crippen molar-refractivity contribution in [3.8, 4) is 5.75 Å². The Balaban J connectivity index is 1.83. The lowest BCUT2D eigenvalue weighted by atomic mass is 10.1. The number of carbonyl (C=O) groups is 2. The van der Waals surface area contributed by atoms with E-state index in [9.17, 15) is 9.59 Å². The van der Waals surface area contributed by atoms with Crippen molar-refractivity contribution in [2.75, 3.05) is 12.4 Å². The Kier molecular flexibility index (Phi) is 5.63. The highest BCUT2D eigenvalue weighted by Crippen LogP contribution is 2.37. The Morgan fingerprint density at radius 2 is 1.82 bits per heavy atom. The summed E-state index contributed by atoms with van der Waals surface area (Å²) in [5, 5.41) is 6.93. The van der Waals surface area contributed by atoms with Crippen LogP contribution >= 0.6 is 22.9 Å². The zero-order valence-electron chi connectivity index (χ0n) is 16.1. The topological polar surface area (TPSA) is 67.4 Å². The number of hydrogen-bond acceptors (Lipinski definition) is 4. The second kappa shape index (κ2) is 7.81. The fourth-order valence-electron chi connectivity index (χ4n) is 2.66. The van der Waals surface area contributed by atoms with E-state index in [0.717, 1.165) is 10.1 Å². The summed E-state index contributed by atoms with van der Waals surface area (Å²) in [6.07, 6.45) is 0. The second-order valence-corrected chi connectivity index (χ2v) is 8.78. The number of halogens is 1. The molecule has 0 aliphatic rings. The average Bonchev–Trinajstić information content (AvgIpc) is 2.96. The van der Waals surface area contributed by atoms with E-state index >= 15 is 0 Å². The first kappa shape index (κ1) is 20.2. The molecule has 0 atom stereocenters. The number of amides is 2. The minimum Gasteiger partial charge on any atom is -0.497 e. The lowest BCUT2D eigenvalue weighted by Crippen LogP contribution is -2.40. The third kappa shape index (κ3) is 4.46. The first-order valence-electron chi connectivity index (χ1n) is 8.68. The first-order chi connectivity index (χ1) is 13.2. The van der Waals surface area contributed by atoms with Crippen LogP contribution in [0.5, 0.6) is 5.75 Å². The molecule has 0 unspecified atom stereocenters. The van der Waals surface area contributed by atoms with Crippen LogP contribution in [0.15, 0.2) is 42.5 Å². The van der Waals surface area contributed by atoms with Crippen LogP contribution in [0, 0.1) is 0 Å². The molecule has 0 fully saturated rings. The van der Waals surface area contributed by atoms with Crippen LogP contribution in [-0.2, 0) is 0 Å². The quantitative estimate of drug-likeness (QED) is 0.602. The van der Waals surface area contributed by atoms with Gasteiger partial charge in [-0.3, -0.25) is 9.59 Å². The molecule has 146 valence electrons. The van der Waals surface area contributed by atoms with Gasteiger partial charge in [-0.15, -0.1) is 11.3 Å². The van der Waals surface area contributed by atoms with Gasteiger partial charge in [0.05, 0.1) is 12.1 Å². The van der Waals surface area contributed by atoms with Gasteiger partial charge in [0.15, 0.2) is 0 Å². The van der Waals surface area contributed by atoms with E-state index in [1.807, 2.05) is 32.9 Å². The van der Waals surface area contributed by atoms with Gasteiger partial charge in [-0.2, -0.15) is 0 Å². The molecule has 0 bridgehead atoms. The zero-order chi connectivity index (χ0) is 20.5. The van der Waals surface area contributed by atoms with Gasteiger partial charge in [0.2, 0.25) is 0 Å². The van der Waals surface area contributed by atoms with E-state index in [0.29, 0.717) is 26.9 Å². The summed E-state index contributed by atoms with van der Waals surface area (Å²) < 4.78 is 6.09. The largest absolute Gasteiger partial charge is 0.497 e. The van der Waals surface area contributed by atoms with E-state index in [4.69, 9.17) is 16.3 Å². The summed E-state index contributed by atoms with van der Waals surface area (Å²) in [7, 11) is 1.59. The Morgan fingerprint density at radius 1 is 1.07 bits per heavy atom. The molecular formula is C21H21ClN2O3S. The molecule has 3 rings (SSSR count). The fourth-order valence-corrected chi connectivity index (χ4v) is 4.10. The number of ether oxygens (including phenoxy) is 1. The molecule has 3 aromatic rings. The van der Waals surface area contributed by atoms with Crippen LogP contribution in [0.4, 0.5) is 5.69 Å². The second-order valence-electron chi connectivity index (χ2n) is 7.35. The van der Waals surface area contributed by atoms with Crippen molar-refractivity contribution in [1.82, 2.24) is 5.32 Å². The number of benzene rings is 2. The van der Waals surface area contributed by atoms with Gasteiger partial charge in [-0.1, -0.05) is 17.7 Å². The van der Waals surface area contributed by atoms with Crippen LogP contribution in [0.2, 0.25) is 5.02 Å². The smallest absolute Gasteiger partial charge is 0.267 e. The number of thiophene rings is 1. The normalized spacial score (nSPS) is 11.3. The molecular weight excluding hydrogens is 396 g/mol. The minimum atomic E-state index is -0.345. The highest BCUT2D eigenvalue weighted by Gasteiger charge is 2.19. The molecule has 1 heterocycles. The van der Waals surface area contributed by atoms with Crippen molar-refractivity contribution >= 4 is 50.5 Å². The van der Waals surface area contributed by atoms with Crippen LogP contribution in [0.1, 0.15) is 40.8 Å². The SMILES string of the molecule is COc1ccc2c(Cl)c(C(=O)Nc3cccc(C(=O)NC(C)(C)C)c3)sc2c1. The molecule has 0 radical (unpaired) electrons. The molecule has 0 aliphatic heterocycles. The molecule has 5 nitrogen and oxygen atoms in total. The van der Waals surface area contributed by atoms with Crippen molar-refractivity contribution in [2.24, 2.45) is 0 Å². The standard InChI is InChI=1S/C21H21ClN2O3S/c1-21(2,3)24-19(25)12-6-5-7-13(10-12)23-20(26)18-17(22)15-9-8-14(27-4)11-16(15)28-18/h5-11H,1-4H3,(H,23,26)(H,24,25). The van der Waals surface area contributed by atoms with Crippen LogP contribution in [-0.4, -0.2) is 24.5 Å². The van der Waals surface area contributed by atoms with E-state index in [2.05, 4.69) is 10.6 Å².